The van der Waals surface area contributed by atoms with Crippen LogP contribution in [0, 0.1) is 0 Å². The van der Waals surface area contributed by atoms with E-state index in [9.17, 15) is 13.2 Å². The molecule has 1 aromatic carbocycles. The molecule has 2 aromatic rings. The first-order valence-corrected chi connectivity index (χ1v) is 6.37. The molecule has 20 heavy (non-hydrogen) atoms. The second-order valence-corrected chi connectivity index (χ2v) is 5.05. The summed E-state index contributed by atoms with van der Waals surface area (Å²) in [6.45, 7) is -0.885. The summed E-state index contributed by atoms with van der Waals surface area (Å²) >= 11 is 0. The molecule has 1 saturated carbocycles. The summed E-state index contributed by atoms with van der Waals surface area (Å²) < 4.78 is 43.1. The fourth-order valence-electron chi connectivity index (χ4n) is 2.24. The summed E-state index contributed by atoms with van der Waals surface area (Å²) in [5.74, 6) is 0.272. The summed E-state index contributed by atoms with van der Waals surface area (Å²) in [6.07, 6.45) is -2.63. The van der Waals surface area contributed by atoms with Crippen LogP contribution in [0.15, 0.2) is 22.6 Å². The van der Waals surface area contributed by atoms with Gasteiger partial charge < -0.3 is 10.2 Å². The Labute approximate surface area is 113 Å². The lowest BCUT2D eigenvalue weighted by atomic mass is 10.3. The van der Waals surface area contributed by atoms with Crippen LogP contribution in [0.1, 0.15) is 18.7 Å². The predicted octanol–water partition coefficient (Wildman–Crippen LogP) is 2.94. The molecular formula is C13H14F3N3O. The zero-order valence-corrected chi connectivity index (χ0v) is 10.7. The minimum atomic E-state index is -4.21. The van der Waals surface area contributed by atoms with Crippen LogP contribution in [0.4, 0.5) is 18.9 Å². The molecule has 4 nitrogen and oxygen atoms in total. The molecule has 7 heteroatoms. The summed E-state index contributed by atoms with van der Waals surface area (Å²) in [4.78, 5) is 5.55. The molecule has 1 aliphatic rings. The van der Waals surface area contributed by atoms with Crippen molar-refractivity contribution in [3.63, 3.8) is 0 Å². The van der Waals surface area contributed by atoms with E-state index in [-0.39, 0.29) is 18.5 Å². The number of hydrogen-bond acceptors (Lipinski definition) is 4. The molecule has 2 N–H and O–H groups in total. The summed E-state index contributed by atoms with van der Waals surface area (Å²) in [5, 5.41) is 0. The molecule has 0 bridgehead atoms. The number of rotatable bonds is 4. The molecule has 0 spiro atoms. The van der Waals surface area contributed by atoms with Crippen molar-refractivity contribution < 1.29 is 17.6 Å². The monoisotopic (exact) mass is 285 g/mol. The summed E-state index contributed by atoms with van der Waals surface area (Å²) in [7, 11) is 0. The Bertz CT molecular complexity index is 619. The maximum atomic E-state index is 12.6. The van der Waals surface area contributed by atoms with Gasteiger partial charge in [0.15, 0.2) is 5.58 Å². The molecule has 108 valence electrons. The van der Waals surface area contributed by atoms with Crippen molar-refractivity contribution in [1.29, 1.82) is 0 Å². The number of nitrogens with zero attached hydrogens (tertiary/aromatic N) is 2. The third-order valence-electron chi connectivity index (χ3n) is 3.28. The van der Waals surface area contributed by atoms with Crippen LogP contribution < -0.4 is 5.73 Å². The minimum absolute atomic E-state index is 0.0241. The molecule has 1 aliphatic carbocycles. The number of benzene rings is 1. The van der Waals surface area contributed by atoms with E-state index in [1.807, 2.05) is 0 Å². The fraction of sp³-hybridized carbons (Fsp3) is 0.462. The third kappa shape index (κ3) is 2.87. The van der Waals surface area contributed by atoms with Gasteiger partial charge in [0.05, 0.1) is 18.8 Å². The van der Waals surface area contributed by atoms with E-state index in [0.717, 1.165) is 12.8 Å². The van der Waals surface area contributed by atoms with Crippen molar-refractivity contribution in [2.75, 3.05) is 12.3 Å². The average Bonchev–Trinajstić information content (AvgIpc) is 3.09. The van der Waals surface area contributed by atoms with Gasteiger partial charge in [-0.15, -0.1) is 0 Å². The maximum absolute atomic E-state index is 12.6. The highest BCUT2D eigenvalue weighted by Gasteiger charge is 2.38. The van der Waals surface area contributed by atoms with E-state index in [0.29, 0.717) is 16.8 Å². The molecule has 0 amide bonds. The number of hydrogen-bond donors (Lipinski definition) is 1. The second-order valence-electron chi connectivity index (χ2n) is 5.05. The van der Waals surface area contributed by atoms with Crippen LogP contribution in [0.2, 0.25) is 0 Å². The Kier molecular flexibility index (Phi) is 3.08. The van der Waals surface area contributed by atoms with Crippen molar-refractivity contribution in [1.82, 2.24) is 9.88 Å². The predicted molar refractivity (Wildman–Crippen MR) is 67.9 cm³/mol. The molecule has 1 heterocycles. The van der Waals surface area contributed by atoms with E-state index in [4.69, 9.17) is 10.2 Å². The Hall–Kier alpha value is -1.76. The van der Waals surface area contributed by atoms with E-state index in [2.05, 4.69) is 4.98 Å². The van der Waals surface area contributed by atoms with Crippen molar-refractivity contribution in [3.8, 4) is 0 Å². The first kappa shape index (κ1) is 13.2. The Balaban J connectivity index is 1.81. The summed E-state index contributed by atoms with van der Waals surface area (Å²) in [5.41, 5.74) is 7.23. The first-order chi connectivity index (χ1) is 9.42. The summed E-state index contributed by atoms with van der Waals surface area (Å²) in [6, 6.07) is 5.08. The topological polar surface area (TPSA) is 55.3 Å². The third-order valence-corrected chi connectivity index (χ3v) is 3.28. The minimum Gasteiger partial charge on any atom is -0.439 e. The molecule has 0 atom stereocenters. The van der Waals surface area contributed by atoms with Crippen molar-refractivity contribution in [2.24, 2.45) is 0 Å². The Morgan fingerprint density at radius 3 is 2.70 bits per heavy atom. The smallest absolute Gasteiger partial charge is 0.401 e. The van der Waals surface area contributed by atoms with Gasteiger partial charge in [0.2, 0.25) is 5.89 Å². The highest BCUT2D eigenvalue weighted by atomic mass is 19.4. The van der Waals surface area contributed by atoms with Crippen molar-refractivity contribution in [3.05, 3.63) is 24.1 Å². The molecule has 0 saturated heterocycles. The molecule has 1 fully saturated rings. The Morgan fingerprint density at radius 1 is 1.35 bits per heavy atom. The number of aromatic nitrogens is 1. The largest absolute Gasteiger partial charge is 0.439 e. The maximum Gasteiger partial charge on any atom is 0.401 e. The van der Waals surface area contributed by atoms with Crippen LogP contribution in [0.3, 0.4) is 0 Å². The van der Waals surface area contributed by atoms with Crippen LogP contribution in [0.5, 0.6) is 0 Å². The normalized spacial score (nSPS) is 16.2. The number of alkyl halides is 3. The number of nitrogens with two attached hydrogens (primary N) is 1. The fourth-order valence-corrected chi connectivity index (χ4v) is 2.24. The SMILES string of the molecule is Nc1cccc2oc(CN(CC(F)(F)F)C3CC3)nc12. The van der Waals surface area contributed by atoms with Crippen LogP contribution >= 0.6 is 0 Å². The van der Waals surface area contributed by atoms with E-state index in [1.165, 1.54) is 4.90 Å². The number of para-hydroxylation sites is 1. The number of oxazole rings is 1. The van der Waals surface area contributed by atoms with Crippen LogP contribution in [-0.4, -0.2) is 28.6 Å². The molecular weight excluding hydrogens is 271 g/mol. The standard InChI is InChI=1S/C13H14F3N3O/c14-13(15,16)7-19(8-4-5-8)6-11-18-12-9(17)2-1-3-10(12)20-11/h1-3,8H,4-7,17H2. The molecule has 3 rings (SSSR count). The number of nitrogen functional groups attached to an aromatic ring is 1. The van der Waals surface area contributed by atoms with E-state index >= 15 is 0 Å². The van der Waals surface area contributed by atoms with Crippen LogP contribution in [-0.2, 0) is 6.54 Å². The van der Waals surface area contributed by atoms with Gasteiger partial charge in [-0.05, 0) is 25.0 Å². The average molecular weight is 285 g/mol. The van der Waals surface area contributed by atoms with Crippen molar-refractivity contribution in [2.45, 2.75) is 31.6 Å². The number of halogens is 3. The Morgan fingerprint density at radius 2 is 2.10 bits per heavy atom. The molecule has 0 aliphatic heterocycles. The van der Waals surface area contributed by atoms with Crippen molar-refractivity contribution >= 4 is 16.8 Å². The number of fused-ring (bicyclic) bond motifs is 1. The van der Waals surface area contributed by atoms with Gasteiger partial charge in [-0.3, -0.25) is 4.90 Å². The highest BCUT2D eigenvalue weighted by Crippen LogP contribution is 2.32. The lowest BCUT2D eigenvalue weighted by Gasteiger charge is -2.21. The zero-order valence-electron chi connectivity index (χ0n) is 10.7. The molecule has 1 aromatic heterocycles. The zero-order chi connectivity index (χ0) is 14.3. The lowest BCUT2D eigenvalue weighted by molar-refractivity contribution is -0.149. The van der Waals surface area contributed by atoms with Crippen LogP contribution in [0.25, 0.3) is 11.1 Å². The lowest BCUT2D eigenvalue weighted by Crippen LogP contribution is -2.35. The van der Waals surface area contributed by atoms with E-state index in [1.54, 1.807) is 18.2 Å². The van der Waals surface area contributed by atoms with Gasteiger partial charge >= 0.3 is 6.18 Å². The highest BCUT2D eigenvalue weighted by molar-refractivity contribution is 5.85. The van der Waals surface area contributed by atoms with Gasteiger partial charge in [-0.1, -0.05) is 6.07 Å². The number of anilines is 1. The van der Waals surface area contributed by atoms with E-state index < -0.39 is 12.7 Å². The quantitative estimate of drug-likeness (QED) is 0.877. The van der Waals surface area contributed by atoms with Gasteiger partial charge in [0.25, 0.3) is 0 Å². The van der Waals surface area contributed by atoms with Gasteiger partial charge in [-0.2, -0.15) is 13.2 Å². The molecule has 0 unspecified atom stereocenters. The second kappa shape index (κ2) is 4.66. The first-order valence-electron chi connectivity index (χ1n) is 6.37. The molecule has 0 radical (unpaired) electrons. The van der Waals surface area contributed by atoms with Gasteiger partial charge in [0, 0.05) is 6.04 Å². The van der Waals surface area contributed by atoms with Gasteiger partial charge in [-0.25, -0.2) is 4.98 Å². The van der Waals surface area contributed by atoms with Gasteiger partial charge in [0.1, 0.15) is 5.52 Å².